The van der Waals surface area contributed by atoms with Gasteiger partial charge in [-0.2, -0.15) is 0 Å². The highest BCUT2D eigenvalue weighted by atomic mass is 16.4. The summed E-state index contributed by atoms with van der Waals surface area (Å²) >= 11 is 0. The zero-order chi connectivity index (χ0) is 17.4. The summed E-state index contributed by atoms with van der Waals surface area (Å²) in [5, 5.41) is 9.15. The molecule has 0 radical (unpaired) electrons. The van der Waals surface area contributed by atoms with Gasteiger partial charge in [0.25, 0.3) is 0 Å². The van der Waals surface area contributed by atoms with Crippen LogP contribution in [0.1, 0.15) is 16.1 Å². The second-order valence-corrected chi connectivity index (χ2v) is 6.22. The van der Waals surface area contributed by atoms with Crippen LogP contribution in [0.4, 0.5) is 11.5 Å². The number of fused-ring (bicyclic) bond motifs is 1. The lowest BCUT2D eigenvalue weighted by Gasteiger charge is -2.36. The maximum atomic E-state index is 11.2. The fraction of sp³-hybridized carbons (Fsp3) is 0.278. The highest BCUT2D eigenvalue weighted by Gasteiger charge is 2.22. The quantitative estimate of drug-likeness (QED) is 0.789. The Balaban J connectivity index is 1.55. The first-order chi connectivity index (χ1) is 12.1. The van der Waals surface area contributed by atoms with Crippen molar-refractivity contribution in [1.29, 1.82) is 0 Å². The number of nitrogens with zero attached hydrogens (tertiary/aromatic N) is 5. The average molecular weight is 337 g/mol. The monoisotopic (exact) mass is 337 g/mol. The third kappa shape index (κ3) is 2.88. The first-order valence-corrected chi connectivity index (χ1v) is 8.25. The lowest BCUT2D eigenvalue weighted by molar-refractivity contribution is 0.0691. The van der Waals surface area contributed by atoms with E-state index < -0.39 is 5.97 Å². The molecule has 2 aromatic heterocycles. The van der Waals surface area contributed by atoms with Crippen LogP contribution in [-0.2, 0) is 0 Å². The summed E-state index contributed by atoms with van der Waals surface area (Å²) in [5.74, 6) is -0.294. The number of aromatic carboxylic acids is 1. The van der Waals surface area contributed by atoms with Crippen molar-refractivity contribution in [3.05, 3.63) is 54.1 Å². The van der Waals surface area contributed by atoms with Gasteiger partial charge in [-0.15, -0.1) is 0 Å². The van der Waals surface area contributed by atoms with Crippen molar-refractivity contribution < 1.29 is 9.90 Å². The molecule has 0 saturated carbocycles. The van der Waals surface area contributed by atoms with E-state index in [-0.39, 0.29) is 5.69 Å². The number of carboxylic acid groups (broad SMARTS) is 1. The Kier molecular flexibility index (Phi) is 3.76. The van der Waals surface area contributed by atoms with E-state index in [0.29, 0.717) is 5.65 Å². The minimum atomic E-state index is -1.03. The molecule has 25 heavy (non-hydrogen) atoms. The van der Waals surface area contributed by atoms with E-state index in [1.165, 1.54) is 17.4 Å². The molecule has 1 N–H and O–H groups in total. The van der Waals surface area contributed by atoms with Gasteiger partial charge >= 0.3 is 5.97 Å². The SMILES string of the molecule is Cc1ccc(N2CCN(c3nccn4cc(C(=O)O)nc34)CC2)cc1. The predicted octanol–water partition coefficient (Wildman–Crippen LogP) is 2.06. The Morgan fingerprint density at radius 1 is 1.08 bits per heavy atom. The summed E-state index contributed by atoms with van der Waals surface area (Å²) in [7, 11) is 0. The Hall–Kier alpha value is -3.09. The van der Waals surface area contributed by atoms with Crippen LogP contribution in [0.15, 0.2) is 42.9 Å². The second-order valence-electron chi connectivity index (χ2n) is 6.22. The third-order valence-electron chi connectivity index (χ3n) is 4.55. The normalized spacial score (nSPS) is 14.9. The van der Waals surface area contributed by atoms with E-state index in [2.05, 4.69) is 51.0 Å². The molecule has 1 saturated heterocycles. The minimum absolute atomic E-state index is 0.0348. The number of hydrogen-bond donors (Lipinski definition) is 1. The number of carboxylic acids is 1. The molecule has 0 bridgehead atoms. The highest BCUT2D eigenvalue weighted by Crippen LogP contribution is 2.22. The van der Waals surface area contributed by atoms with Crippen molar-refractivity contribution in [3.8, 4) is 0 Å². The van der Waals surface area contributed by atoms with Gasteiger partial charge in [0.1, 0.15) is 0 Å². The van der Waals surface area contributed by atoms with Gasteiger partial charge in [0.2, 0.25) is 0 Å². The van der Waals surface area contributed by atoms with E-state index in [0.717, 1.165) is 32.0 Å². The molecular formula is C18H19N5O2. The Morgan fingerprint density at radius 3 is 2.44 bits per heavy atom. The summed E-state index contributed by atoms with van der Waals surface area (Å²) in [6.45, 7) is 5.49. The topological polar surface area (TPSA) is 74.0 Å². The number of hydrogen-bond acceptors (Lipinski definition) is 5. The molecule has 1 aromatic carbocycles. The number of aryl methyl sites for hydroxylation is 1. The number of imidazole rings is 1. The summed E-state index contributed by atoms with van der Waals surface area (Å²) in [6.07, 6.45) is 4.92. The van der Waals surface area contributed by atoms with Crippen LogP contribution in [0.5, 0.6) is 0 Å². The van der Waals surface area contributed by atoms with E-state index >= 15 is 0 Å². The number of benzene rings is 1. The fourth-order valence-corrected chi connectivity index (χ4v) is 3.16. The predicted molar refractivity (Wildman–Crippen MR) is 95.6 cm³/mol. The molecule has 1 aliphatic rings. The largest absolute Gasteiger partial charge is 0.476 e. The van der Waals surface area contributed by atoms with Crippen molar-refractivity contribution in [2.45, 2.75) is 6.92 Å². The molecule has 7 heteroatoms. The molecule has 1 fully saturated rings. The first kappa shape index (κ1) is 15.4. The zero-order valence-corrected chi connectivity index (χ0v) is 14.0. The minimum Gasteiger partial charge on any atom is -0.476 e. The first-order valence-electron chi connectivity index (χ1n) is 8.25. The molecule has 1 aliphatic heterocycles. The van der Waals surface area contributed by atoms with Gasteiger partial charge in [-0.25, -0.2) is 14.8 Å². The van der Waals surface area contributed by atoms with Crippen LogP contribution in [0.3, 0.4) is 0 Å². The molecule has 7 nitrogen and oxygen atoms in total. The van der Waals surface area contributed by atoms with Gasteiger partial charge in [-0.1, -0.05) is 17.7 Å². The third-order valence-corrected chi connectivity index (χ3v) is 4.55. The Bertz CT molecular complexity index is 911. The van der Waals surface area contributed by atoms with E-state index in [9.17, 15) is 4.79 Å². The molecule has 3 aromatic rings. The molecular weight excluding hydrogens is 318 g/mol. The number of aromatic nitrogens is 3. The van der Waals surface area contributed by atoms with E-state index in [4.69, 9.17) is 5.11 Å². The molecule has 0 unspecified atom stereocenters. The van der Waals surface area contributed by atoms with Gasteiger partial charge in [-0.05, 0) is 19.1 Å². The standard InChI is InChI=1S/C18H19N5O2/c1-13-2-4-14(5-3-13)21-8-10-22(11-9-21)16-17-20-15(18(24)25)12-23(17)7-6-19-16/h2-7,12H,8-11H2,1H3,(H,24,25). The van der Waals surface area contributed by atoms with E-state index in [1.807, 2.05) is 0 Å². The Labute approximate surface area is 145 Å². The molecule has 3 heterocycles. The van der Waals surface area contributed by atoms with Gasteiger partial charge in [-0.3, -0.25) is 0 Å². The van der Waals surface area contributed by atoms with Crippen molar-refractivity contribution in [3.63, 3.8) is 0 Å². The lowest BCUT2D eigenvalue weighted by atomic mass is 10.2. The lowest BCUT2D eigenvalue weighted by Crippen LogP contribution is -2.47. The van der Waals surface area contributed by atoms with Crippen LogP contribution in [0.2, 0.25) is 0 Å². The van der Waals surface area contributed by atoms with Gasteiger partial charge < -0.3 is 19.3 Å². The Morgan fingerprint density at radius 2 is 1.76 bits per heavy atom. The highest BCUT2D eigenvalue weighted by molar-refractivity contribution is 5.87. The number of carbonyl (C=O) groups is 1. The number of rotatable bonds is 3. The molecule has 0 amide bonds. The van der Waals surface area contributed by atoms with Gasteiger partial charge in [0.15, 0.2) is 17.2 Å². The summed E-state index contributed by atoms with van der Waals surface area (Å²) in [4.78, 5) is 24.3. The maximum Gasteiger partial charge on any atom is 0.356 e. The number of piperazine rings is 1. The molecule has 128 valence electrons. The fourth-order valence-electron chi connectivity index (χ4n) is 3.16. The van der Waals surface area contributed by atoms with Crippen molar-refractivity contribution in [2.24, 2.45) is 0 Å². The zero-order valence-electron chi connectivity index (χ0n) is 14.0. The smallest absolute Gasteiger partial charge is 0.356 e. The van der Waals surface area contributed by atoms with Crippen LogP contribution in [-0.4, -0.2) is 51.6 Å². The van der Waals surface area contributed by atoms with Crippen LogP contribution < -0.4 is 9.80 Å². The summed E-state index contributed by atoms with van der Waals surface area (Å²) in [6, 6.07) is 8.55. The van der Waals surface area contributed by atoms with Crippen LogP contribution in [0.25, 0.3) is 5.65 Å². The summed E-state index contributed by atoms with van der Waals surface area (Å²) < 4.78 is 1.72. The van der Waals surface area contributed by atoms with Crippen molar-refractivity contribution in [2.75, 3.05) is 36.0 Å². The van der Waals surface area contributed by atoms with Crippen LogP contribution >= 0.6 is 0 Å². The molecule has 4 rings (SSSR count). The van der Waals surface area contributed by atoms with Crippen molar-refractivity contribution >= 4 is 23.1 Å². The van der Waals surface area contributed by atoms with Crippen molar-refractivity contribution in [1.82, 2.24) is 14.4 Å². The van der Waals surface area contributed by atoms with Gasteiger partial charge in [0, 0.05) is 50.5 Å². The second kappa shape index (κ2) is 6.08. The molecule has 0 spiro atoms. The molecule has 0 aliphatic carbocycles. The average Bonchev–Trinajstić information content (AvgIpc) is 3.07. The molecule has 0 atom stereocenters. The maximum absolute atomic E-state index is 11.2. The number of anilines is 2. The van der Waals surface area contributed by atoms with E-state index in [1.54, 1.807) is 16.8 Å². The van der Waals surface area contributed by atoms with Crippen LogP contribution in [0, 0.1) is 6.92 Å². The van der Waals surface area contributed by atoms with Gasteiger partial charge in [0.05, 0.1) is 0 Å². The summed E-state index contributed by atoms with van der Waals surface area (Å²) in [5.41, 5.74) is 3.11.